The van der Waals surface area contributed by atoms with Gasteiger partial charge in [-0.25, -0.2) is 4.79 Å². The molecule has 5 heteroatoms. The summed E-state index contributed by atoms with van der Waals surface area (Å²) in [4.78, 5) is 24.8. The van der Waals surface area contributed by atoms with Crippen molar-refractivity contribution in [2.75, 3.05) is 0 Å². The van der Waals surface area contributed by atoms with Gasteiger partial charge in [0, 0.05) is 6.21 Å². The Morgan fingerprint density at radius 2 is 1.69 bits per heavy atom. The molecule has 0 aliphatic carbocycles. The van der Waals surface area contributed by atoms with Gasteiger partial charge in [-0.3, -0.25) is 4.79 Å². The maximum absolute atomic E-state index is 12.6. The second-order valence-corrected chi connectivity index (χ2v) is 6.40. The molecule has 1 atom stereocenters. The van der Waals surface area contributed by atoms with Crippen LogP contribution in [0.4, 0.5) is 4.79 Å². The Hall–Kier alpha value is -3.21. The molecule has 1 aliphatic rings. The topological polar surface area (TPSA) is 61.8 Å². The number of allylic oxidation sites excluding steroid dienone is 1. The van der Waals surface area contributed by atoms with Crippen LogP contribution in [0, 0.1) is 0 Å². The van der Waals surface area contributed by atoms with E-state index in [1.165, 1.54) is 6.21 Å². The molecule has 0 radical (unpaired) electrons. The third kappa shape index (κ3) is 4.06. The number of hydrazone groups is 1. The summed E-state index contributed by atoms with van der Waals surface area (Å²) in [5.41, 5.74) is 1.21. The van der Waals surface area contributed by atoms with E-state index in [0.717, 1.165) is 16.1 Å². The van der Waals surface area contributed by atoms with Crippen molar-refractivity contribution in [1.29, 1.82) is 0 Å². The molecule has 2 aromatic rings. The molecule has 3 amide bonds. The van der Waals surface area contributed by atoms with E-state index in [-0.39, 0.29) is 5.91 Å². The SMILES string of the molecule is CC1(CCc2ccccc2)NC(=O)N(/N=C/C=C/c2ccccc2)C1=O. The molecule has 1 unspecified atom stereocenters. The van der Waals surface area contributed by atoms with Crippen molar-refractivity contribution in [3.8, 4) is 0 Å². The van der Waals surface area contributed by atoms with Gasteiger partial charge in [0.15, 0.2) is 0 Å². The molecule has 1 N–H and O–H groups in total. The van der Waals surface area contributed by atoms with Gasteiger partial charge in [-0.2, -0.15) is 5.10 Å². The number of hydrogen-bond donors (Lipinski definition) is 1. The van der Waals surface area contributed by atoms with Gasteiger partial charge in [0.2, 0.25) is 0 Å². The fourth-order valence-electron chi connectivity index (χ4n) is 2.81. The molecule has 26 heavy (non-hydrogen) atoms. The number of benzene rings is 2. The van der Waals surface area contributed by atoms with Gasteiger partial charge in [-0.05, 0) is 37.0 Å². The van der Waals surface area contributed by atoms with Gasteiger partial charge in [0.25, 0.3) is 5.91 Å². The molecule has 0 saturated carbocycles. The molecule has 1 aliphatic heterocycles. The zero-order chi connectivity index (χ0) is 18.4. The molecule has 1 fully saturated rings. The van der Waals surface area contributed by atoms with E-state index in [9.17, 15) is 9.59 Å². The number of carbonyl (C=O) groups excluding carboxylic acids is 2. The third-order valence-corrected chi connectivity index (χ3v) is 4.35. The van der Waals surface area contributed by atoms with Crippen LogP contribution in [0.3, 0.4) is 0 Å². The van der Waals surface area contributed by atoms with Crippen LogP contribution in [0.5, 0.6) is 0 Å². The van der Waals surface area contributed by atoms with Crippen molar-refractivity contribution >= 4 is 24.2 Å². The Balaban J connectivity index is 1.62. The Morgan fingerprint density at radius 3 is 2.38 bits per heavy atom. The van der Waals surface area contributed by atoms with Gasteiger partial charge in [-0.1, -0.05) is 66.7 Å². The van der Waals surface area contributed by atoms with Crippen molar-refractivity contribution < 1.29 is 9.59 Å². The average molecular weight is 347 g/mol. The van der Waals surface area contributed by atoms with Crippen LogP contribution < -0.4 is 5.32 Å². The molecule has 1 saturated heterocycles. The molecule has 5 nitrogen and oxygen atoms in total. The average Bonchev–Trinajstić information content (AvgIpc) is 2.88. The third-order valence-electron chi connectivity index (χ3n) is 4.35. The molecular weight excluding hydrogens is 326 g/mol. The first-order valence-electron chi connectivity index (χ1n) is 8.55. The standard InChI is InChI=1S/C21H21N3O2/c1-21(15-14-18-11-6-3-7-12-18)19(25)24(20(26)23-21)22-16-8-13-17-9-4-2-5-10-17/h2-13,16H,14-15H2,1H3,(H,23,26)/b13-8+,22-16+. The van der Waals surface area contributed by atoms with E-state index in [0.29, 0.717) is 12.8 Å². The highest BCUT2D eigenvalue weighted by molar-refractivity contribution is 6.07. The lowest BCUT2D eigenvalue weighted by molar-refractivity contribution is -0.130. The van der Waals surface area contributed by atoms with Crippen molar-refractivity contribution in [1.82, 2.24) is 10.3 Å². The highest BCUT2D eigenvalue weighted by atomic mass is 16.2. The van der Waals surface area contributed by atoms with Crippen LogP contribution in [0.1, 0.15) is 24.5 Å². The molecule has 1 heterocycles. The van der Waals surface area contributed by atoms with Crippen LogP contribution in [-0.2, 0) is 11.2 Å². The number of rotatable bonds is 6. The van der Waals surface area contributed by atoms with E-state index in [2.05, 4.69) is 10.4 Å². The second-order valence-electron chi connectivity index (χ2n) is 6.40. The largest absolute Gasteiger partial charge is 0.346 e. The molecule has 132 valence electrons. The number of nitrogens with one attached hydrogen (secondary N) is 1. The predicted molar refractivity (Wildman–Crippen MR) is 103 cm³/mol. The number of aryl methyl sites for hydroxylation is 1. The Bertz CT molecular complexity index is 831. The van der Waals surface area contributed by atoms with Crippen LogP contribution in [0.2, 0.25) is 0 Å². The van der Waals surface area contributed by atoms with Gasteiger partial charge in [0.05, 0.1) is 0 Å². The van der Waals surface area contributed by atoms with Gasteiger partial charge < -0.3 is 5.32 Å². The highest BCUT2D eigenvalue weighted by Crippen LogP contribution is 2.23. The molecule has 3 rings (SSSR count). The van der Waals surface area contributed by atoms with E-state index >= 15 is 0 Å². The summed E-state index contributed by atoms with van der Waals surface area (Å²) >= 11 is 0. The summed E-state index contributed by atoms with van der Waals surface area (Å²) < 4.78 is 0. The van der Waals surface area contributed by atoms with Crippen LogP contribution in [0.25, 0.3) is 6.08 Å². The summed E-state index contributed by atoms with van der Waals surface area (Å²) in [6.07, 6.45) is 6.24. The van der Waals surface area contributed by atoms with Crippen LogP contribution >= 0.6 is 0 Å². The number of amides is 3. The fraction of sp³-hybridized carbons (Fsp3) is 0.190. The first kappa shape index (κ1) is 17.6. The van der Waals surface area contributed by atoms with Crippen molar-refractivity contribution in [3.05, 3.63) is 77.9 Å². The van der Waals surface area contributed by atoms with E-state index < -0.39 is 11.6 Å². The highest BCUT2D eigenvalue weighted by Gasteiger charge is 2.47. The molecular formula is C21H21N3O2. The quantitative estimate of drug-likeness (QED) is 0.641. The number of hydrogen-bond acceptors (Lipinski definition) is 3. The maximum Gasteiger partial charge on any atom is 0.346 e. The number of imide groups is 1. The first-order valence-corrected chi connectivity index (χ1v) is 8.55. The fourth-order valence-corrected chi connectivity index (χ4v) is 2.81. The van der Waals surface area contributed by atoms with E-state index in [1.807, 2.05) is 66.7 Å². The van der Waals surface area contributed by atoms with Crippen LogP contribution in [0.15, 0.2) is 71.8 Å². The predicted octanol–water partition coefficient (Wildman–Crippen LogP) is 3.63. The minimum Gasteiger partial charge on any atom is -0.322 e. The zero-order valence-electron chi connectivity index (χ0n) is 14.6. The second kappa shape index (κ2) is 7.78. The first-order chi connectivity index (χ1) is 12.6. The van der Waals surface area contributed by atoms with Crippen LogP contribution in [-0.4, -0.2) is 28.7 Å². The number of carbonyl (C=O) groups is 2. The van der Waals surface area contributed by atoms with Crippen molar-refractivity contribution in [3.63, 3.8) is 0 Å². The number of nitrogens with zero attached hydrogens (tertiary/aromatic N) is 2. The van der Waals surface area contributed by atoms with E-state index in [1.54, 1.807) is 13.0 Å². The molecule has 0 spiro atoms. The maximum atomic E-state index is 12.6. The van der Waals surface area contributed by atoms with Gasteiger partial charge >= 0.3 is 6.03 Å². The smallest absolute Gasteiger partial charge is 0.322 e. The summed E-state index contributed by atoms with van der Waals surface area (Å²) in [6.45, 7) is 1.74. The normalized spacial score (nSPS) is 20.3. The summed E-state index contributed by atoms with van der Waals surface area (Å²) in [7, 11) is 0. The molecule has 0 aromatic heterocycles. The Kier molecular flexibility index (Phi) is 5.27. The Labute approximate surface area is 153 Å². The lowest BCUT2D eigenvalue weighted by atomic mass is 9.93. The lowest BCUT2D eigenvalue weighted by Gasteiger charge is -2.20. The summed E-state index contributed by atoms with van der Waals surface area (Å²) in [5, 5.41) is 7.67. The molecule has 2 aromatic carbocycles. The number of urea groups is 1. The van der Waals surface area contributed by atoms with Crippen molar-refractivity contribution in [2.24, 2.45) is 5.10 Å². The van der Waals surface area contributed by atoms with Crippen molar-refractivity contribution in [2.45, 2.75) is 25.3 Å². The summed E-state index contributed by atoms with van der Waals surface area (Å²) in [5.74, 6) is -0.331. The van der Waals surface area contributed by atoms with Gasteiger partial charge in [0.1, 0.15) is 5.54 Å². The minimum absolute atomic E-state index is 0.331. The van der Waals surface area contributed by atoms with Gasteiger partial charge in [-0.15, -0.1) is 5.01 Å². The molecule has 0 bridgehead atoms. The zero-order valence-corrected chi connectivity index (χ0v) is 14.6. The minimum atomic E-state index is -0.937. The monoisotopic (exact) mass is 347 g/mol. The Morgan fingerprint density at radius 1 is 1.04 bits per heavy atom. The lowest BCUT2D eigenvalue weighted by Crippen LogP contribution is -2.44. The summed E-state index contributed by atoms with van der Waals surface area (Å²) in [6, 6.07) is 19.1. The van der Waals surface area contributed by atoms with E-state index in [4.69, 9.17) is 0 Å².